The zero-order valence-electron chi connectivity index (χ0n) is 15.2. The van der Waals surface area contributed by atoms with E-state index in [0.29, 0.717) is 33.8 Å². The summed E-state index contributed by atoms with van der Waals surface area (Å²) in [6, 6.07) is 10.4. The maximum absolute atomic E-state index is 12.6. The molecule has 3 rings (SSSR count). The number of hydrogen-bond acceptors (Lipinski definition) is 4. The van der Waals surface area contributed by atoms with Gasteiger partial charge in [-0.1, -0.05) is 0 Å². The van der Waals surface area contributed by atoms with Gasteiger partial charge in [-0.15, -0.1) is 0 Å². The molecule has 0 bridgehead atoms. The number of methoxy groups -OCH3 is 1. The van der Waals surface area contributed by atoms with Crippen molar-refractivity contribution in [3.8, 4) is 11.5 Å². The predicted octanol–water partition coefficient (Wildman–Crippen LogP) is 4.46. The molecule has 0 saturated heterocycles. The molecule has 0 heterocycles. The highest BCUT2D eigenvalue weighted by molar-refractivity contribution is 9.10. The molecule has 27 heavy (non-hydrogen) atoms. The zero-order valence-corrected chi connectivity index (χ0v) is 16.8. The topological polar surface area (TPSA) is 76.7 Å². The Kier molecular flexibility index (Phi) is 6.01. The molecule has 1 aliphatic carbocycles. The fraction of sp³-hybridized carbons (Fsp3) is 0.300. The summed E-state index contributed by atoms with van der Waals surface area (Å²) in [6.45, 7) is 2.32. The average molecular weight is 433 g/mol. The van der Waals surface area contributed by atoms with Crippen molar-refractivity contribution >= 4 is 39.1 Å². The Labute approximate surface area is 166 Å². The molecule has 0 aliphatic heterocycles. The molecule has 6 nitrogen and oxygen atoms in total. The van der Waals surface area contributed by atoms with Crippen molar-refractivity contribution in [2.75, 3.05) is 24.4 Å². The van der Waals surface area contributed by atoms with E-state index in [1.165, 1.54) is 0 Å². The molecule has 2 aromatic carbocycles. The minimum atomic E-state index is -0.269. The normalized spacial score (nSPS) is 13.0. The van der Waals surface area contributed by atoms with E-state index < -0.39 is 0 Å². The summed E-state index contributed by atoms with van der Waals surface area (Å²) in [7, 11) is 1.55. The molecule has 2 aromatic rings. The number of benzene rings is 2. The standard InChI is InChI=1S/C20H21BrN2O4/c1-3-27-17-11-13(10-16(21)18(17)26-2)20(25)23-15-8-6-14(7-9-15)22-19(24)12-4-5-12/h6-12H,3-5H2,1-2H3,(H,22,24)(H,23,25). The van der Waals surface area contributed by atoms with Crippen LogP contribution in [0.2, 0.25) is 0 Å². The minimum absolute atomic E-state index is 0.0540. The lowest BCUT2D eigenvalue weighted by Gasteiger charge is -2.13. The van der Waals surface area contributed by atoms with Gasteiger partial charge in [-0.25, -0.2) is 0 Å². The molecule has 142 valence electrons. The van der Waals surface area contributed by atoms with E-state index in [2.05, 4.69) is 26.6 Å². The summed E-state index contributed by atoms with van der Waals surface area (Å²) in [6.07, 6.45) is 1.92. The highest BCUT2D eigenvalue weighted by Crippen LogP contribution is 2.36. The molecule has 1 aliphatic rings. The summed E-state index contributed by atoms with van der Waals surface area (Å²) >= 11 is 3.41. The summed E-state index contributed by atoms with van der Waals surface area (Å²) < 4.78 is 11.5. The van der Waals surface area contributed by atoms with Crippen LogP contribution in [-0.4, -0.2) is 25.5 Å². The Bertz CT molecular complexity index is 848. The minimum Gasteiger partial charge on any atom is -0.492 e. The van der Waals surface area contributed by atoms with Crippen LogP contribution in [0, 0.1) is 5.92 Å². The number of carbonyl (C=O) groups excluding carboxylic acids is 2. The number of rotatable bonds is 7. The molecule has 0 unspecified atom stereocenters. The van der Waals surface area contributed by atoms with Crippen molar-refractivity contribution in [1.29, 1.82) is 0 Å². The number of carbonyl (C=O) groups is 2. The number of hydrogen-bond donors (Lipinski definition) is 2. The third kappa shape index (κ3) is 4.80. The first kappa shape index (κ1) is 19.2. The molecule has 2 N–H and O–H groups in total. The summed E-state index contributed by atoms with van der Waals surface area (Å²) in [4.78, 5) is 24.4. The second kappa shape index (κ2) is 8.43. The lowest BCUT2D eigenvalue weighted by atomic mass is 10.1. The molecule has 7 heteroatoms. The van der Waals surface area contributed by atoms with Crippen LogP contribution in [0.5, 0.6) is 11.5 Å². The summed E-state index contributed by atoms with van der Waals surface area (Å²) in [5.74, 6) is 0.978. The van der Waals surface area contributed by atoms with E-state index in [0.717, 1.165) is 18.5 Å². The van der Waals surface area contributed by atoms with Crippen molar-refractivity contribution in [1.82, 2.24) is 0 Å². The van der Waals surface area contributed by atoms with Gasteiger partial charge in [-0.05, 0) is 72.1 Å². The van der Waals surface area contributed by atoms with Crippen LogP contribution in [0.4, 0.5) is 11.4 Å². The molecular formula is C20H21BrN2O4. The van der Waals surface area contributed by atoms with E-state index in [1.54, 1.807) is 43.5 Å². The van der Waals surface area contributed by atoms with Crippen LogP contribution in [0.3, 0.4) is 0 Å². The van der Waals surface area contributed by atoms with Gasteiger partial charge in [-0.2, -0.15) is 0 Å². The number of nitrogens with one attached hydrogen (secondary N) is 2. The molecule has 0 spiro atoms. The first-order valence-corrected chi connectivity index (χ1v) is 9.53. The molecular weight excluding hydrogens is 412 g/mol. The Morgan fingerprint density at radius 3 is 2.30 bits per heavy atom. The van der Waals surface area contributed by atoms with Gasteiger partial charge < -0.3 is 20.1 Å². The molecule has 2 amide bonds. The van der Waals surface area contributed by atoms with Crippen LogP contribution in [0.1, 0.15) is 30.1 Å². The smallest absolute Gasteiger partial charge is 0.255 e. The van der Waals surface area contributed by atoms with E-state index in [-0.39, 0.29) is 17.7 Å². The van der Waals surface area contributed by atoms with E-state index in [1.807, 2.05) is 6.92 Å². The van der Waals surface area contributed by atoms with Crippen molar-refractivity contribution in [2.24, 2.45) is 5.92 Å². The van der Waals surface area contributed by atoms with Crippen LogP contribution >= 0.6 is 15.9 Å². The molecule has 0 radical (unpaired) electrons. The number of anilines is 2. The fourth-order valence-electron chi connectivity index (χ4n) is 2.59. The highest BCUT2D eigenvalue weighted by atomic mass is 79.9. The largest absolute Gasteiger partial charge is 0.492 e. The molecule has 1 saturated carbocycles. The van der Waals surface area contributed by atoms with Gasteiger partial charge in [0.15, 0.2) is 11.5 Å². The number of ether oxygens (including phenoxy) is 2. The lowest BCUT2D eigenvalue weighted by molar-refractivity contribution is -0.117. The number of halogens is 1. The van der Waals surface area contributed by atoms with Crippen molar-refractivity contribution in [3.05, 3.63) is 46.4 Å². The number of amides is 2. The van der Waals surface area contributed by atoms with Gasteiger partial charge in [0.1, 0.15) is 0 Å². The van der Waals surface area contributed by atoms with Gasteiger partial charge in [-0.3, -0.25) is 9.59 Å². The fourth-order valence-corrected chi connectivity index (χ4v) is 3.19. The van der Waals surface area contributed by atoms with Gasteiger partial charge >= 0.3 is 0 Å². The Morgan fingerprint density at radius 2 is 1.74 bits per heavy atom. The van der Waals surface area contributed by atoms with Crippen molar-refractivity contribution in [3.63, 3.8) is 0 Å². The molecule has 0 aromatic heterocycles. The second-order valence-corrected chi connectivity index (χ2v) is 7.07. The first-order valence-electron chi connectivity index (χ1n) is 8.74. The van der Waals surface area contributed by atoms with Crippen LogP contribution in [0.25, 0.3) is 0 Å². The van der Waals surface area contributed by atoms with E-state index in [4.69, 9.17) is 9.47 Å². The highest BCUT2D eigenvalue weighted by Gasteiger charge is 2.29. The predicted molar refractivity (Wildman–Crippen MR) is 108 cm³/mol. The summed E-state index contributed by atoms with van der Waals surface area (Å²) in [5.41, 5.74) is 1.79. The molecule has 0 atom stereocenters. The van der Waals surface area contributed by atoms with Gasteiger partial charge in [0.2, 0.25) is 5.91 Å². The van der Waals surface area contributed by atoms with Crippen LogP contribution in [-0.2, 0) is 4.79 Å². The Balaban J connectivity index is 1.70. The quantitative estimate of drug-likeness (QED) is 0.676. The van der Waals surface area contributed by atoms with Gasteiger partial charge in [0.25, 0.3) is 5.91 Å². The summed E-state index contributed by atoms with van der Waals surface area (Å²) in [5, 5.41) is 5.71. The zero-order chi connectivity index (χ0) is 19.4. The Hall–Kier alpha value is -2.54. The third-order valence-electron chi connectivity index (χ3n) is 4.13. The first-order chi connectivity index (χ1) is 13.0. The van der Waals surface area contributed by atoms with Gasteiger partial charge in [0, 0.05) is 22.9 Å². The van der Waals surface area contributed by atoms with E-state index in [9.17, 15) is 9.59 Å². The maximum Gasteiger partial charge on any atom is 0.255 e. The average Bonchev–Trinajstić information content (AvgIpc) is 3.48. The molecule has 1 fully saturated rings. The SMILES string of the molecule is CCOc1cc(C(=O)Nc2ccc(NC(=O)C3CC3)cc2)cc(Br)c1OC. The van der Waals surface area contributed by atoms with E-state index >= 15 is 0 Å². The lowest BCUT2D eigenvalue weighted by Crippen LogP contribution is -2.14. The third-order valence-corrected chi connectivity index (χ3v) is 4.72. The van der Waals surface area contributed by atoms with Crippen LogP contribution < -0.4 is 20.1 Å². The van der Waals surface area contributed by atoms with Crippen molar-refractivity contribution < 1.29 is 19.1 Å². The monoisotopic (exact) mass is 432 g/mol. The van der Waals surface area contributed by atoms with Gasteiger partial charge in [0.05, 0.1) is 18.2 Å². The maximum atomic E-state index is 12.6. The Morgan fingerprint density at radius 1 is 1.11 bits per heavy atom. The van der Waals surface area contributed by atoms with Crippen molar-refractivity contribution in [2.45, 2.75) is 19.8 Å². The second-order valence-electron chi connectivity index (χ2n) is 6.22. The van der Waals surface area contributed by atoms with Crippen LogP contribution in [0.15, 0.2) is 40.9 Å².